The maximum atomic E-state index is 13.7. The number of amides is 5. The molecular formula is C40H47N9O7. The molecule has 3 saturated heterocycles. The molecule has 2 aromatic heterocycles. The number of imidazole rings is 2. The number of likely N-dealkylation sites (tertiary alicyclic amines) is 1. The maximum absolute atomic E-state index is 13.7. The van der Waals surface area contributed by atoms with Crippen molar-refractivity contribution in [3.63, 3.8) is 0 Å². The van der Waals surface area contributed by atoms with Crippen molar-refractivity contribution < 1.29 is 33.4 Å². The van der Waals surface area contributed by atoms with Crippen molar-refractivity contribution in [1.29, 1.82) is 0 Å². The van der Waals surface area contributed by atoms with Gasteiger partial charge in [0.15, 0.2) is 0 Å². The number of H-pyrrole nitrogens is 2. The van der Waals surface area contributed by atoms with Gasteiger partial charge >= 0.3 is 12.2 Å². The van der Waals surface area contributed by atoms with Crippen LogP contribution in [0.15, 0.2) is 60.9 Å². The molecule has 16 heteroatoms. The molecule has 5 amide bonds. The van der Waals surface area contributed by atoms with Gasteiger partial charge < -0.3 is 35.0 Å². The van der Waals surface area contributed by atoms with Gasteiger partial charge in [-0.05, 0) is 60.3 Å². The number of aromatic amines is 2. The number of benzene rings is 2. The van der Waals surface area contributed by atoms with Gasteiger partial charge in [0.25, 0.3) is 5.91 Å². The summed E-state index contributed by atoms with van der Waals surface area (Å²) in [7, 11) is 2.52. The first kappa shape index (κ1) is 38.1. The lowest BCUT2D eigenvalue weighted by Crippen LogP contribution is -2.57. The monoisotopic (exact) mass is 765 g/mol. The summed E-state index contributed by atoms with van der Waals surface area (Å²) in [6, 6.07) is 13.9. The number of nitrogens with zero attached hydrogens (tertiary/aromatic N) is 5. The number of rotatable bonds is 9. The van der Waals surface area contributed by atoms with E-state index in [0.29, 0.717) is 37.6 Å². The lowest BCUT2D eigenvalue weighted by atomic mass is 10.0. The highest BCUT2D eigenvalue weighted by molar-refractivity contribution is 5.91. The number of hydrogen-bond donors (Lipinski definition) is 4. The van der Waals surface area contributed by atoms with Crippen LogP contribution in [0, 0.1) is 5.92 Å². The highest BCUT2D eigenvalue weighted by Gasteiger charge is 2.44. The van der Waals surface area contributed by atoms with Gasteiger partial charge in [-0.3, -0.25) is 19.4 Å². The Hall–Kier alpha value is -6.19. The van der Waals surface area contributed by atoms with Crippen molar-refractivity contribution in [3.05, 3.63) is 72.6 Å². The minimum atomic E-state index is -0.882. The molecule has 5 heterocycles. The number of carbonyl (C=O) groups excluding carboxylic acids is 5. The molecule has 3 aliphatic rings. The van der Waals surface area contributed by atoms with Gasteiger partial charge in [0.05, 0.1) is 44.0 Å². The smallest absolute Gasteiger partial charge is 0.407 e. The number of hydrazine groups is 1. The van der Waals surface area contributed by atoms with Gasteiger partial charge in [-0.15, -0.1) is 0 Å². The number of fused-ring (bicyclic) bond motifs is 1. The van der Waals surface area contributed by atoms with E-state index in [1.807, 2.05) is 62.4 Å². The summed E-state index contributed by atoms with van der Waals surface area (Å²) in [5.41, 5.74) is 5.52. The normalized spacial score (nSPS) is 20.4. The lowest BCUT2D eigenvalue weighted by Gasteiger charge is -2.42. The average Bonchev–Trinajstić information content (AvgIpc) is 4.01. The first-order valence-electron chi connectivity index (χ1n) is 19.0. The minimum Gasteiger partial charge on any atom is -0.453 e. The van der Waals surface area contributed by atoms with E-state index >= 15 is 0 Å². The molecule has 16 nitrogen and oxygen atoms in total. The molecule has 0 bridgehead atoms. The van der Waals surface area contributed by atoms with Crippen LogP contribution in [0.5, 0.6) is 0 Å². The molecule has 4 N–H and O–H groups in total. The fourth-order valence-electron chi connectivity index (χ4n) is 7.80. The van der Waals surface area contributed by atoms with Gasteiger partial charge in [0.1, 0.15) is 29.8 Å². The van der Waals surface area contributed by atoms with E-state index in [0.717, 1.165) is 46.5 Å². The Labute approximate surface area is 324 Å². The number of methoxy groups -OCH3 is 2. The van der Waals surface area contributed by atoms with Crippen molar-refractivity contribution in [2.45, 2.75) is 76.5 Å². The third-order valence-electron chi connectivity index (χ3n) is 10.8. The molecule has 4 aromatic rings. The molecule has 7 rings (SSSR count). The molecule has 2 unspecified atom stereocenters. The summed E-state index contributed by atoms with van der Waals surface area (Å²) in [4.78, 5) is 82.0. The molecule has 0 spiro atoms. The van der Waals surface area contributed by atoms with E-state index in [1.54, 1.807) is 17.3 Å². The van der Waals surface area contributed by atoms with Crippen LogP contribution in [-0.4, -0.2) is 104 Å². The second kappa shape index (κ2) is 16.3. The van der Waals surface area contributed by atoms with Gasteiger partial charge in [0, 0.05) is 19.5 Å². The third kappa shape index (κ3) is 7.68. The summed E-state index contributed by atoms with van der Waals surface area (Å²) >= 11 is 0. The Morgan fingerprint density at radius 1 is 0.750 bits per heavy atom. The number of nitrogens with one attached hydrogen (secondary N) is 4. The van der Waals surface area contributed by atoms with Crippen LogP contribution < -0.4 is 10.6 Å². The third-order valence-corrected chi connectivity index (χ3v) is 10.8. The molecule has 0 aliphatic carbocycles. The highest BCUT2D eigenvalue weighted by Crippen LogP contribution is 2.36. The molecule has 0 saturated carbocycles. The van der Waals surface area contributed by atoms with Gasteiger partial charge in [-0.2, -0.15) is 0 Å². The van der Waals surface area contributed by atoms with Gasteiger partial charge in [-0.25, -0.2) is 24.6 Å². The second-order valence-corrected chi connectivity index (χ2v) is 14.7. The molecule has 4 atom stereocenters. The SMILES string of the molecule is COC(=O)NC(C(=O)N1CCCC1c1ncc(-c2ccc(-c3ccc(-c4cnc([C@@H]5CCCN6C(=O)CC[C@H](NC(=O)OC)C(=O)N56)[nH]4)cc3)cc2)[nH]1)C(C)C. The van der Waals surface area contributed by atoms with E-state index in [1.165, 1.54) is 24.2 Å². The van der Waals surface area contributed by atoms with Crippen LogP contribution in [0.4, 0.5) is 9.59 Å². The predicted octanol–water partition coefficient (Wildman–Crippen LogP) is 5.10. The molecule has 0 radical (unpaired) electrons. The summed E-state index contributed by atoms with van der Waals surface area (Å²) in [6.07, 6.45) is 5.40. The van der Waals surface area contributed by atoms with Crippen LogP contribution >= 0.6 is 0 Å². The summed E-state index contributed by atoms with van der Waals surface area (Å²) in [5, 5.41) is 8.22. The van der Waals surface area contributed by atoms with Crippen molar-refractivity contribution in [3.8, 4) is 33.6 Å². The van der Waals surface area contributed by atoms with Crippen molar-refractivity contribution in [2.24, 2.45) is 5.92 Å². The van der Waals surface area contributed by atoms with Crippen molar-refractivity contribution in [1.82, 2.24) is 45.5 Å². The Morgan fingerprint density at radius 3 is 1.86 bits per heavy atom. The van der Waals surface area contributed by atoms with Crippen LogP contribution in [0.25, 0.3) is 33.6 Å². The zero-order valence-electron chi connectivity index (χ0n) is 31.9. The average molecular weight is 766 g/mol. The topological polar surface area (TPSA) is 195 Å². The fourth-order valence-corrected chi connectivity index (χ4v) is 7.80. The zero-order chi connectivity index (χ0) is 39.5. The Bertz CT molecular complexity index is 2080. The molecule has 2 aromatic carbocycles. The van der Waals surface area contributed by atoms with Gasteiger partial charge in [-0.1, -0.05) is 62.4 Å². The standard InChI is InChI=1S/C40H47N9O7/c1-23(2)34(46-40(54)56-4)38(52)47-19-5-7-31(47)35-41-21-29(43-35)26-13-9-24(10-14-26)25-11-15-27(16-12-25)30-22-42-36(44-30)32-8-6-20-48-33(50)18-17-28(37(51)49(32)48)45-39(53)55-3/h9-16,21-23,28,31-32,34H,5-8,17-20H2,1-4H3,(H,41,43)(H,42,44)(H,45,53)(H,46,54)/t28-,31?,32-,34?/m0/s1. The van der Waals surface area contributed by atoms with Crippen LogP contribution in [0.2, 0.25) is 0 Å². The molecule has 3 aliphatic heterocycles. The summed E-state index contributed by atoms with van der Waals surface area (Å²) in [5.74, 6) is 0.468. The van der Waals surface area contributed by atoms with Crippen molar-refractivity contribution in [2.75, 3.05) is 27.3 Å². The number of ether oxygens (including phenoxy) is 2. The first-order chi connectivity index (χ1) is 27.1. The molecule has 3 fully saturated rings. The molecular weight excluding hydrogens is 718 g/mol. The van der Waals surface area contributed by atoms with Gasteiger partial charge in [0.2, 0.25) is 11.8 Å². The Morgan fingerprint density at radius 2 is 1.29 bits per heavy atom. The highest BCUT2D eigenvalue weighted by atomic mass is 16.5. The summed E-state index contributed by atoms with van der Waals surface area (Å²) in [6.45, 7) is 4.79. The second-order valence-electron chi connectivity index (χ2n) is 14.7. The maximum Gasteiger partial charge on any atom is 0.407 e. The summed E-state index contributed by atoms with van der Waals surface area (Å²) < 4.78 is 9.46. The zero-order valence-corrected chi connectivity index (χ0v) is 31.9. The number of hydrogen-bond acceptors (Lipinski definition) is 9. The minimum absolute atomic E-state index is 0.114. The molecule has 56 heavy (non-hydrogen) atoms. The van der Waals surface area contributed by atoms with Crippen LogP contribution in [0.1, 0.15) is 76.1 Å². The lowest BCUT2D eigenvalue weighted by molar-refractivity contribution is -0.174. The van der Waals surface area contributed by atoms with Crippen molar-refractivity contribution >= 4 is 29.9 Å². The van der Waals surface area contributed by atoms with E-state index in [-0.39, 0.29) is 42.5 Å². The number of carbonyl (C=O) groups is 5. The number of aromatic nitrogens is 4. The van der Waals surface area contributed by atoms with Crippen LogP contribution in [0.3, 0.4) is 0 Å². The van der Waals surface area contributed by atoms with E-state index in [4.69, 9.17) is 9.47 Å². The number of alkyl carbamates (subject to hydrolysis) is 2. The van der Waals surface area contributed by atoms with Crippen LogP contribution in [-0.2, 0) is 23.9 Å². The quantitative estimate of drug-likeness (QED) is 0.179. The predicted molar refractivity (Wildman–Crippen MR) is 204 cm³/mol. The largest absolute Gasteiger partial charge is 0.453 e. The van der Waals surface area contributed by atoms with E-state index in [9.17, 15) is 24.0 Å². The Kier molecular flexibility index (Phi) is 11.1. The fraction of sp³-hybridized carbons (Fsp3) is 0.425. The molecule has 294 valence electrons. The van der Waals surface area contributed by atoms with E-state index in [2.05, 4.69) is 30.6 Å². The van der Waals surface area contributed by atoms with E-state index < -0.39 is 30.3 Å². The Balaban J connectivity index is 1.02. The first-order valence-corrected chi connectivity index (χ1v) is 19.0.